The summed E-state index contributed by atoms with van der Waals surface area (Å²) in [6, 6.07) is 8.11. The maximum absolute atomic E-state index is 5.42. The van der Waals surface area contributed by atoms with Crippen LogP contribution in [0.2, 0.25) is 0 Å². The van der Waals surface area contributed by atoms with Gasteiger partial charge in [-0.15, -0.1) is 11.3 Å². The quantitative estimate of drug-likeness (QED) is 0.637. The summed E-state index contributed by atoms with van der Waals surface area (Å²) in [7, 11) is 3.76. The number of nitrogens with zero attached hydrogens (tertiary/aromatic N) is 4. The van der Waals surface area contributed by atoms with Crippen molar-refractivity contribution in [3.8, 4) is 5.75 Å². The second-order valence-electron chi connectivity index (χ2n) is 5.02. The van der Waals surface area contributed by atoms with Gasteiger partial charge in [0.2, 0.25) is 0 Å². The molecule has 7 heteroatoms. The molecule has 1 aromatic carbocycles. The highest BCUT2D eigenvalue weighted by Gasteiger charge is 2.14. The number of likely N-dealkylation sites (N-methyl/N-ethyl adjacent to an activating group) is 1. The van der Waals surface area contributed by atoms with Crippen molar-refractivity contribution < 1.29 is 4.74 Å². The number of thioether (sulfide) groups is 1. The van der Waals surface area contributed by atoms with Crippen LogP contribution < -0.4 is 9.64 Å². The van der Waals surface area contributed by atoms with Gasteiger partial charge >= 0.3 is 0 Å². The molecule has 0 saturated heterocycles. The summed E-state index contributed by atoms with van der Waals surface area (Å²) in [5.74, 6) is 1.86. The second-order valence-corrected chi connectivity index (χ2v) is 7.07. The Balaban J connectivity index is 1.80. The number of para-hydroxylation sites is 1. The van der Waals surface area contributed by atoms with Crippen molar-refractivity contribution in [1.82, 2.24) is 15.0 Å². The fourth-order valence-corrected chi connectivity index (χ4v) is 3.94. The van der Waals surface area contributed by atoms with Gasteiger partial charge in [0.25, 0.3) is 0 Å². The first-order chi connectivity index (χ1) is 11.2. The van der Waals surface area contributed by atoms with Crippen molar-refractivity contribution in [2.24, 2.45) is 0 Å². The Hall–Kier alpha value is -1.86. The summed E-state index contributed by atoms with van der Waals surface area (Å²) in [6.45, 7) is 0.846. The smallest absolute Gasteiger partial charge is 0.176 e. The van der Waals surface area contributed by atoms with Crippen LogP contribution in [0.1, 0.15) is 5.56 Å². The summed E-state index contributed by atoms with van der Waals surface area (Å²) in [6.07, 6.45) is 4.50. The van der Waals surface area contributed by atoms with Gasteiger partial charge in [0.05, 0.1) is 7.11 Å². The van der Waals surface area contributed by atoms with Crippen LogP contribution in [0.4, 0.5) is 5.82 Å². The molecular weight excluding hydrogens is 328 g/mol. The van der Waals surface area contributed by atoms with Crippen LogP contribution >= 0.6 is 23.1 Å². The zero-order valence-electron chi connectivity index (χ0n) is 13.3. The van der Waals surface area contributed by atoms with Gasteiger partial charge in [0.1, 0.15) is 16.8 Å². The molecule has 23 heavy (non-hydrogen) atoms. The number of fused-ring (bicyclic) bond motifs is 1. The van der Waals surface area contributed by atoms with Crippen LogP contribution in [-0.4, -0.2) is 41.9 Å². The summed E-state index contributed by atoms with van der Waals surface area (Å²) in [4.78, 5) is 15.4. The number of rotatable bonds is 6. The molecule has 0 N–H and O–H groups in total. The molecule has 0 amide bonds. The van der Waals surface area contributed by atoms with Crippen molar-refractivity contribution in [3.63, 3.8) is 0 Å². The van der Waals surface area contributed by atoms with E-state index in [2.05, 4.69) is 33.0 Å². The molecule has 0 atom stereocenters. The molecule has 0 saturated carbocycles. The van der Waals surface area contributed by atoms with Crippen LogP contribution in [0.15, 0.2) is 34.9 Å². The molecular formula is C16H18N4OS2. The molecule has 0 unspecified atom stereocenters. The second kappa shape index (κ2) is 7.14. The van der Waals surface area contributed by atoms with Crippen molar-refractivity contribution in [2.45, 2.75) is 10.8 Å². The van der Waals surface area contributed by atoms with Gasteiger partial charge in [-0.25, -0.2) is 15.0 Å². The number of methoxy groups -OCH3 is 1. The summed E-state index contributed by atoms with van der Waals surface area (Å²) in [5, 5.41) is 0. The van der Waals surface area contributed by atoms with Crippen LogP contribution in [0, 0.1) is 0 Å². The van der Waals surface area contributed by atoms with Crippen molar-refractivity contribution in [2.75, 3.05) is 31.9 Å². The van der Waals surface area contributed by atoms with Gasteiger partial charge in [-0.2, -0.15) is 0 Å². The highest BCUT2D eigenvalue weighted by Crippen LogP contribution is 2.32. The average Bonchev–Trinajstić information content (AvgIpc) is 3.03. The van der Waals surface area contributed by atoms with E-state index in [9.17, 15) is 0 Å². The van der Waals surface area contributed by atoms with E-state index in [0.29, 0.717) is 0 Å². The molecule has 0 bridgehead atoms. The number of aromatic nitrogens is 3. The third-order valence-electron chi connectivity index (χ3n) is 3.60. The molecule has 0 radical (unpaired) electrons. The lowest BCUT2D eigenvalue weighted by molar-refractivity contribution is 0.409. The van der Waals surface area contributed by atoms with E-state index in [4.69, 9.17) is 4.74 Å². The number of anilines is 1. The molecule has 120 valence electrons. The van der Waals surface area contributed by atoms with E-state index in [1.807, 2.05) is 24.5 Å². The van der Waals surface area contributed by atoms with Gasteiger partial charge in [-0.1, -0.05) is 30.0 Å². The predicted octanol–water partition coefficient (Wildman–Crippen LogP) is 3.50. The zero-order valence-corrected chi connectivity index (χ0v) is 14.9. The third-order valence-corrected chi connectivity index (χ3v) is 5.62. The van der Waals surface area contributed by atoms with E-state index in [-0.39, 0.29) is 0 Å². The maximum atomic E-state index is 5.42. The van der Waals surface area contributed by atoms with Gasteiger partial charge in [-0.05, 0) is 24.3 Å². The molecule has 0 aliphatic heterocycles. The van der Waals surface area contributed by atoms with Crippen molar-refractivity contribution in [3.05, 3.63) is 36.2 Å². The minimum Gasteiger partial charge on any atom is -0.496 e. The first-order valence-electron chi connectivity index (χ1n) is 7.21. The minimum atomic E-state index is 0.772. The largest absolute Gasteiger partial charge is 0.496 e. The summed E-state index contributed by atoms with van der Waals surface area (Å²) in [5.41, 5.74) is 1.97. The highest BCUT2D eigenvalue weighted by atomic mass is 32.2. The van der Waals surface area contributed by atoms with E-state index in [1.165, 1.54) is 5.56 Å². The monoisotopic (exact) mass is 346 g/mol. The fourth-order valence-electron chi connectivity index (χ4n) is 2.39. The zero-order chi connectivity index (χ0) is 16.2. The molecule has 2 heterocycles. The first kappa shape index (κ1) is 16.0. The summed E-state index contributed by atoms with van der Waals surface area (Å²) >= 11 is 3.28. The SMILES string of the molecule is COc1ccccc1CCN(C)c1ncnc2nc(SC)sc12. The van der Waals surface area contributed by atoms with E-state index in [0.717, 1.165) is 39.2 Å². The molecule has 5 nitrogen and oxygen atoms in total. The normalized spacial score (nSPS) is 10.9. The first-order valence-corrected chi connectivity index (χ1v) is 9.25. The molecule has 2 aromatic heterocycles. The maximum Gasteiger partial charge on any atom is 0.176 e. The lowest BCUT2D eigenvalue weighted by Gasteiger charge is -2.19. The van der Waals surface area contributed by atoms with E-state index >= 15 is 0 Å². The number of ether oxygens (including phenoxy) is 1. The highest BCUT2D eigenvalue weighted by molar-refractivity contribution is 8.00. The van der Waals surface area contributed by atoms with Crippen LogP contribution in [0.5, 0.6) is 5.75 Å². The Bertz CT molecular complexity index is 806. The molecule has 0 aliphatic carbocycles. The van der Waals surface area contributed by atoms with Gasteiger partial charge in [0.15, 0.2) is 15.8 Å². The van der Waals surface area contributed by atoms with Gasteiger partial charge in [-0.3, -0.25) is 0 Å². The standard InChI is InChI=1S/C16H18N4OS2/c1-20(9-8-11-6-4-5-7-12(11)21-2)15-13-14(17-10-18-15)19-16(22-3)23-13/h4-7,10H,8-9H2,1-3H3. The van der Waals surface area contributed by atoms with Gasteiger partial charge < -0.3 is 9.64 Å². The van der Waals surface area contributed by atoms with E-state index in [1.54, 1.807) is 36.5 Å². The molecule has 0 spiro atoms. The number of benzene rings is 1. The summed E-state index contributed by atoms with van der Waals surface area (Å²) < 4.78 is 7.47. The number of thiazole rings is 1. The fraction of sp³-hybridized carbons (Fsp3) is 0.312. The Labute approximate surface area is 143 Å². The minimum absolute atomic E-state index is 0.772. The van der Waals surface area contributed by atoms with Crippen LogP contribution in [-0.2, 0) is 6.42 Å². The molecule has 0 fully saturated rings. The van der Waals surface area contributed by atoms with Crippen LogP contribution in [0.3, 0.4) is 0 Å². The Morgan fingerprint density at radius 1 is 1.26 bits per heavy atom. The lowest BCUT2D eigenvalue weighted by atomic mass is 10.1. The number of hydrogen-bond donors (Lipinski definition) is 0. The van der Waals surface area contributed by atoms with Gasteiger partial charge in [0, 0.05) is 13.6 Å². The van der Waals surface area contributed by atoms with E-state index < -0.39 is 0 Å². The third kappa shape index (κ3) is 3.40. The van der Waals surface area contributed by atoms with Crippen molar-refractivity contribution >= 4 is 39.3 Å². The predicted molar refractivity (Wildman–Crippen MR) is 97.0 cm³/mol. The molecule has 3 rings (SSSR count). The molecule has 0 aliphatic rings. The topological polar surface area (TPSA) is 51.1 Å². The number of hydrogen-bond acceptors (Lipinski definition) is 7. The average molecular weight is 346 g/mol. The Morgan fingerprint density at radius 3 is 2.87 bits per heavy atom. The lowest BCUT2D eigenvalue weighted by Crippen LogP contribution is -2.21. The van der Waals surface area contributed by atoms with Crippen LogP contribution in [0.25, 0.3) is 10.3 Å². The van der Waals surface area contributed by atoms with Crippen molar-refractivity contribution in [1.29, 1.82) is 0 Å². The Kier molecular flexibility index (Phi) is 4.97. The molecule has 3 aromatic rings. The Morgan fingerprint density at radius 2 is 2.09 bits per heavy atom.